The zero-order valence-electron chi connectivity index (χ0n) is 10.0. The first kappa shape index (κ1) is 11.8. The summed E-state index contributed by atoms with van der Waals surface area (Å²) in [4.78, 5) is 0. The van der Waals surface area contributed by atoms with E-state index >= 15 is 0 Å². The van der Waals surface area contributed by atoms with Gasteiger partial charge in [-0.3, -0.25) is 0 Å². The summed E-state index contributed by atoms with van der Waals surface area (Å²) in [6.45, 7) is 0. The molecule has 1 fully saturated rings. The molecule has 0 unspecified atom stereocenters. The minimum atomic E-state index is 0.348. The topological polar surface area (TPSA) is 52.0 Å². The van der Waals surface area contributed by atoms with Crippen molar-refractivity contribution in [2.45, 2.75) is 31.6 Å². The second-order valence-corrected chi connectivity index (χ2v) is 5.69. The fraction of sp³-hybridized carbons (Fsp3) is 0.357. The standard InChI is InChI=1S/C14H15BrN2O/c15-12-7-10(13-8-14(16)18-17-13)5-6-11(12)9-3-1-2-4-9/h5-9H,1-4,16H2. The molecule has 0 saturated heterocycles. The number of aromatic nitrogens is 1. The van der Waals surface area contributed by atoms with Crippen molar-refractivity contribution >= 4 is 21.8 Å². The zero-order valence-corrected chi connectivity index (χ0v) is 11.6. The lowest BCUT2D eigenvalue weighted by atomic mass is 9.96. The Morgan fingerprint density at radius 1 is 1.22 bits per heavy atom. The molecule has 0 bridgehead atoms. The van der Waals surface area contributed by atoms with Crippen LogP contribution in [0.2, 0.25) is 0 Å². The van der Waals surface area contributed by atoms with Crippen LogP contribution >= 0.6 is 15.9 Å². The quantitative estimate of drug-likeness (QED) is 0.897. The van der Waals surface area contributed by atoms with Gasteiger partial charge in [-0.25, -0.2) is 0 Å². The van der Waals surface area contributed by atoms with Crippen LogP contribution in [-0.4, -0.2) is 5.16 Å². The molecule has 18 heavy (non-hydrogen) atoms. The average molecular weight is 307 g/mol. The van der Waals surface area contributed by atoms with Crippen LogP contribution in [0.25, 0.3) is 11.3 Å². The lowest BCUT2D eigenvalue weighted by molar-refractivity contribution is 0.439. The molecule has 0 spiro atoms. The van der Waals surface area contributed by atoms with E-state index in [-0.39, 0.29) is 0 Å². The van der Waals surface area contributed by atoms with Crippen molar-refractivity contribution < 1.29 is 4.52 Å². The summed E-state index contributed by atoms with van der Waals surface area (Å²) >= 11 is 3.67. The van der Waals surface area contributed by atoms with Gasteiger partial charge in [-0.05, 0) is 30.4 Å². The smallest absolute Gasteiger partial charge is 0.222 e. The Kier molecular flexibility index (Phi) is 3.12. The molecule has 1 aliphatic carbocycles. The molecule has 4 heteroatoms. The molecule has 0 radical (unpaired) electrons. The SMILES string of the molecule is Nc1cc(-c2ccc(C3CCCC3)c(Br)c2)no1. The lowest BCUT2D eigenvalue weighted by Gasteiger charge is -2.12. The Labute approximate surface area is 114 Å². The molecular formula is C14H15BrN2O. The van der Waals surface area contributed by atoms with Crippen molar-refractivity contribution in [1.82, 2.24) is 5.16 Å². The second-order valence-electron chi connectivity index (χ2n) is 4.83. The van der Waals surface area contributed by atoms with Crippen LogP contribution in [0.5, 0.6) is 0 Å². The number of nitrogens with two attached hydrogens (primary N) is 1. The summed E-state index contributed by atoms with van der Waals surface area (Å²) in [6.07, 6.45) is 5.29. The third-order valence-electron chi connectivity index (χ3n) is 3.62. The van der Waals surface area contributed by atoms with Crippen LogP contribution in [0.4, 0.5) is 5.88 Å². The number of nitrogen functional groups attached to an aromatic ring is 1. The Bertz CT molecular complexity index is 559. The molecule has 3 rings (SSSR count). The van der Waals surface area contributed by atoms with Gasteiger partial charge in [-0.1, -0.05) is 46.1 Å². The van der Waals surface area contributed by atoms with Crippen LogP contribution in [0.3, 0.4) is 0 Å². The van der Waals surface area contributed by atoms with E-state index in [2.05, 4.69) is 39.3 Å². The van der Waals surface area contributed by atoms with Crippen LogP contribution in [0, 0.1) is 0 Å². The van der Waals surface area contributed by atoms with Gasteiger partial charge in [0.1, 0.15) is 5.69 Å². The van der Waals surface area contributed by atoms with Crippen LogP contribution in [0.1, 0.15) is 37.2 Å². The molecule has 1 aliphatic rings. The second kappa shape index (κ2) is 4.76. The fourth-order valence-corrected chi connectivity index (χ4v) is 3.38. The van der Waals surface area contributed by atoms with Gasteiger partial charge in [0.05, 0.1) is 0 Å². The van der Waals surface area contributed by atoms with Gasteiger partial charge in [-0.2, -0.15) is 0 Å². The highest BCUT2D eigenvalue weighted by Gasteiger charge is 2.19. The summed E-state index contributed by atoms with van der Waals surface area (Å²) in [5, 5.41) is 3.93. The van der Waals surface area contributed by atoms with Crippen molar-refractivity contribution in [3.8, 4) is 11.3 Å². The number of anilines is 1. The number of benzene rings is 1. The predicted octanol–water partition coefficient (Wildman–Crippen LogP) is 4.34. The maximum Gasteiger partial charge on any atom is 0.222 e. The monoisotopic (exact) mass is 306 g/mol. The molecular weight excluding hydrogens is 292 g/mol. The maximum atomic E-state index is 5.54. The highest BCUT2D eigenvalue weighted by Crippen LogP contribution is 2.39. The maximum absolute atomic E-state index is 5.54. The molecule has 0 amide bonds. The van der Waals surface area contributed by atoms with Crippen molar-refractivity contribution in [2.75, 3.05) is 5.73 Å². The number of rotatable bonds is 2. The van der Waals surface area contributed by atoms with E-state index < -0.39 is 0 Å². The van der Waals surface area contributed by atoms with Gasteiger partial charge in [0.2, 0.25) is 5.88 Å². The van der Waals surface area contributed by atoms with Gasteiger partial charge in [0.25, 0.3) is 0 Å². The molecule has 0 aliphatic heterocycles. The lowest BCUT2D eigenvalue weighted by Crippen LogP contribution is -1.94. The van der Waals surface area contributed by atoms with Crippen LogP contribution < -0.4 is 5.73 Å². The van der Waals surface area contributed by atoms with E-state index in [1.54, 1.807) is 6.07 Å². The number of hydrogen-bond acceptors (Lipinski definition) is 3. The van der Waals surface area contributed by atoms with E-state index in [1.807, 2.05) is 0 Å². The van der Waals surface area contributed by atoms with Crippen molar-refractivity contribution in [2.24, 2.45) is 0 Å². The minimum Gasteiger partial charge on any atom is -0.368 e. The summed E-state index contributed by atoms with van der Waals surface area (Å²) in [5.41, 5.74) is 8.77. The molecule has 2 N–H and O–H groups in total. The number of hydrogen-bond donors (Lipinski definition) is 1. The van der Waals surface area contributed by atoms with Crippen LogP contribution in [-0.2, 0) is 0 Å². The summed E-state index contributed by atoms with van der Waals surface area (Å²) in [6, 6.07) is 8.14. The average Bonchev–Trinajstić information content (AvgIpc) is 2.99. The van der Waals surface area contributed by atoms with Gasteiger partial charge in [0, 0.05) is 16.1 Å². The molecule has 1 saturated carbocycles. The molecule has 2 aromatic rings. The first-order valence-corrected chi connectivity index (χ1v) is 7.05. The van der Waals surface area contributed by atoms with E-state index in [9.17, 15) is 0 Å². The van der Waals surface area contributed by atoms with Crippen LogP contribution in [0.15, 0.2) is 33.3 Å². The zero-order chi connectivity index (χ0) is 12.5. The summed E-state index contributed by atoms with van der Waals surface area (Å²) in [7, 11) is 0. The van der Waals surface area contributed by atoms with Crippen molar-refractivity contribution in [3.63, 3.8) is 0 Å². The van der Waals surface area contributed by atoms with E-state index in [4.69, 9.17) is 10.3 Å². The summed E-state index contributed by atoms with van der Waals surface area (Å²) in [5.74, 6) is 1.05. The highest BCUT2D eigenvalue weighted by molar-refractivity contribution is 9.10. The molecule has 1 aromatic carbocycles. The van der Waals surface area contributed by atoms with E-state index in [1.165, 1.54) is 31.2 Å². The number of halogens is 1. The van der Waals surface area contributed by atoms with Gasteiger partial charge in [0.15, 0.2) is 0 Å². The largest absolute Gasteiger partial charge is 0.368 e. The van der Waals surface area contributed by atoms with E-state index in [0.717, 1.165) is 15.7 Å². The van der Waals surface area contributed by atoms with E-state index in [0.29, 0.717) is 11.8 Å². The molecule has 1 aromatic heterocycles. The van der Waals surface area contributed by atoms with Gasteiger partial charge in [-0.15, -0.1) is 0 Å². The molecule has 1 heterocycles. The fourth-order valence-electron chi connectivity index (χ4n) is 2.68. The summed E-state index contributed by atoms with van der Waals surface area (Å²) < 4.78 is 6.06. The third-order valence-corrected chi connectivity index (χ3v) is 4.31. The third kappa shape index (κ3) is 2.17. The number of nitrogens with zero attached hydrogens (tertiary/aromatic N) is 1. The molecule has 3 nitrogen and oxygen atoms in total. The Morgan fingerprint density at radius 3 is 2.61 bits per heavy atom. The molecule has 94 valence electrons. The highest BCUT2D eigenvalue weighted by atomic mass is 79.9. The molecule has 0 atom stereocenters. The van der Waals surface area contributed by atoms with Crippen molar-refractivity contribution in [3.05, 3.63) is 34.3 Å². The predicted molar refractivity (Wildman–Crippen MR) is 75.3 cm³/mol. The van der Waals surface area contributed by atoms with Gasteiger partial charge < -0.3 is 10.3 Å². The Balaban J connectivity index is 1.93. The Hall–Kier alpha value is -1.29. The first-order chi connectivity index (χ1) is 8.74. The first-order valence-electron chi connectivity index (χ1n) is 6.26. The van der Waals surface area contributed by atoms with Crippen molar-refractivity contribution in [1.29, 1.82) is 0 Å². The Morgan fingerprint density at radius 2 is 2.00 bits per heavy atom. The minimum absolute atomic E-state index is 0.348. The normalized spacial score (nSPS) is 16.3. The van der Waals surface area contributed by atoms with Gasteiger partial charge >= 0.3 is 0 Å².